The van der Waals surface area contributed by atoms with Crippen molar-refractivity contribution in [2.24, 2.45) is 7.05 Å². The molecule has 6 rings (SSSR count). The smallest absolute Gasteiger partial charge is 0.323 e. The molecule has 0 bridgehead atoms. The first-order chi connectivity index (χ1) is 21.1. The molecular formula is C31H31N11O. The first kappa shape index (κ1) is 27.6. The van der Waals surface area contributed by atoms with Gasteiger partial charge in [-0.3, -0.25) is 14.7 Å². The van der Waals surface area contributed by atoms with Crippen molar-refractivity contribution in [3.05, 3.63) is 90.6 Å². The number of urea groups is 1. The first-order valence-corrected chi connectivity index (χ1v) is 14.2. The van der Waals surface area contributed by atoms with Crippen molar-refractivity contribution >= 4 is 17.8 Å². The molecule has 1 aliphatic rings. The fourth-order valence-corrected chi connectivity index (χ4v) is 5.37. The molecule has 0 atom stereocenters. The molecule has 1 fully saturated rings. The van der Waals surface area contributed by atoms with Gasteiger partial charge in [0, 0.05) is 55.4 Å². The number of pyridine rings is 1. The number of rotatable bonds is 8. The lowest BCUT2D eigenvalue weighted by atomic mass is 9.90. The van der Waals surface area contributed by atoms with Crippen LogP contribution in [0.25, 0.3) is 22.5 Å². The highest BCUT2D eigenvalue weighted by Crippen LogP contribution is 2.30. The van der Waals surface area contributed by atoms with Gasteiger partial charge in [0.15, 0.2) is 0 Å². The molecule has 0 radical (unpaired) electrons. The Morgan fingerprint density at radius 2 is 1.88 bits per heavy atom. The Kier molecular flexibility index (Phi) is 8.04. The van der Waals surface area contributed by atoms with Crippen LogP contribution in [0.3, 0.4) is 0 Å². The molecule has 0 aliphatic heterocycles. The number of nitrogens with zero attached hydrogens (tertiary/aromatic N) is 8. The fraction of sp³-hybridized carbons (Fsp3) is 0.258. The number of nitrogens with one attached hydrogen (secondary N) is 3. The Balaban J connectivity index is 1.16. The van der Waals surface area contributed by atoms with Crippen LogP contribution in [0, 0.1) is 11.3 Å². The Bertz CT molecular complexity index is 1700. The van der Waals surface area contributed by atoms with E-state index in [-0.39, 0.29) is 18.1 Å². The molecule has 216 valence electrons. The Labute approximate surface area is 248 Å². The normalized spacial score (nSPS) is 16.3. The van der Waals surface area contributed by atoms with Gasteiger partial charge in [-0.15, -0.1) is 0 Å². The summed E-state index contributed by atoms with van der Waals surface area (Å²) in [5, 5.41) is 27.1. The number of H-pyrrole nitrogens is 1. The number of carbonyl (C=O) groups is 1. The van der Waals surface area contributed by atoms with E-state index in [9.17, 15) is 10.1 Å². The highest BCUT2D eigenvalue weighted by Gasteiger charge is 2.31. The van der Waals surface area contributed by atoms with Crippen LogP contribution in [0.4, 0.5) is 16.6 Å². The van der Waals surface area contributed by atoms with Gasteiger partial charge in [-0.2, -0.15) is 15.5 Å². The second kappa shape index (κ2) is 12.5. The lowest BCUT2D eigenvalue weighted by Gasteiger charge is -2.36. The molecule has 12 heteroatoms. The summed E-state index contributed by atoms with van der Waals surface area (Å²) < 4.78 is 1.75. The van der Waals surface area contributed by atoms with Gasteiger partial charge in [-0.25, -0.2) is 19.7 Å². The summed E-state index contributed by atoms with van der Waals surface area (Å²) >= 11 is 0. The number of amides is 2. The summed E-state index contributed by atoms with van der Waals surface area (Å²) in [5.41, 5.74) is 4.47. The molecule has 0 saturated heterocycles. The van der Waals surface area contributed by atoms with E-state index in [1.807, 2.05) is 55.7 Å². The van der Waals surface area contributed by atoms with Crippen molar-refractivity contribution in [3.63, 3.8) is 0 Å². The SMILES string of the molecule is Cn1cc(-c2ccc(N(C(=O)NCc3ccccc3)C3CCC(Nc4ncc(C#N)c(-c5ccn[nH]5)n4)CC3)nc2)cn1. The van der Waals surface area contributed by atoms with Gasteiger partial charge >= 0.3 is 6.03 Å². The van der Waals surface area contributed by atoms with Gasteiger partial charge in [0.25, 0.3) is 0 Å². The van der Waals surface area contributed by atoms with Gasteiger partial charge in [-0.1, -0.05) is 30.3 Å². The van der Waals surface area contributed by atoms with Crippen LogP contribution in [0.2, 0.25) is 0 Å². The number of anilines is 2. The molecule has 43 heavy (non-hydrogen) atoms. The largest absolute Gasteiger partial charge is 0.351 e. The zero-order valence-electron chi connectivity index (χ0n) is 23.7. The molecule has 1 saturated carbocycles. The van der Waals surface area contributed by atoms with Crippen LogP contribution in [-0.4, -0.2) is 53.0 Å². The summed E-state index contributed by atoms with van der Waals surface area (Å²) in [6, 6.07) is 17.6. The average Bonchev–Trinajstić information content (AvgIpc) is 3.74. The Hall–Kier alpha value is -5.57. The van der Waals surface area contributed by atoms with E-state index in [1.54, 1.807) is 34.2 Å². The molecule has 0 spiro atoms. The minimum Gasteiger partial charge on any atom is -0.351 e. The summed E-state index contributed by atoms with van der Waals surface area (Å²) in [6.45, 7) is 0.426. The number of carbonyl (C=O) groups excluding carboxylic acids is 1. The molecule has 5 aromatic rings. The second-order valence-electron chi connectivity index (χ2n) is 10.5. The third-order valence-electron chi connectivity index (χ3n) is 7.60. The van der Waals surface area contributed by atoms with E-state index in [0.717, 1.165) is 42.4 Å². The van der Waals surface area contributed by atoms with E-state index in [0.29, 0.717) is 35.3 Å². The molecule has 12 nitrogen and oxygen atoms in total. The molecule has 4 heterocycles. The lowest BCUT2D eigenvalue weighted by Crippen LogP contribution is -2.49. The minimum absolute atomic E-state index is 0.0343. The predicted octanol–water partition coefficient (Wildman–Crippen LogP) is 4.67. The van der Waals surface area contributed by atoms with Crippen molar-refractivity contribution in [3.8, 4) is 28.6 Å². The van der Waals surface area contributed by atoms with Crippen LogP contribution in [0.1, 0.15) is 36.8 Å². The number of benzene rings is 1. The van der Waals surface area contributed by atoms with Crippen LogP contribution < -0.4 is 15.5 Å². The summed E-state index contributed by atoms with van der Waals surface area (Å²) in [4.78, 5) is 29.1. The average molecular weight is 574 g/mol. The van der Waals surface area contributed by atoms with E-state index >= 15 is 0 Å². The number of aryl methyl sites for hydroxylation is 1. The summed E-state index contributed by atoms with van der Waals surface area (Å²) in [5.74, 6) is 1.06. The van der Waals surface area contributed by atoms with Crippen molar-refractivity contribution in [1.82, 2.24) is 40.2 Å². The van der Waals surface area contributed by atoms with Crippen LogP contribution >= 0.6 is 0 Å². The Morgan fingerprint density at radius 3 is 2.56 bits per heavy atom. The second-order valence-corrected chi connectivity index (χ2v) is 10.5. The van der Waals surface area contributed by atoms with Gasteiger partial charge in [0.05, 0.1) is 23.7 Å². The molecule has 1 aliphatic carbocycles. The third-order valence-corrected chi connectivity index (χ3v) is 7.60. The standard InChI is InChI=1S/C31H31N11O/c1-41-20-24(19-37-41)22-7-12-28(33-17-22)42(31(43)35-16-21-5-3-2-4-6-21)26-10-8-25(9-11-26)38-30-34-18-23(15-32)29(39-30)27-13-14-36-40-27/h2-7,12-14,17-20,25-26H,8-11,16H2,1H3,(H,35,43)(H,36,40)(H,34,38,39). The topological polar surface area (TPSA) is 153 Å². The van der Waals surface area contributed by atoms with E-state index in [1.165, 1.54) is 6.20 Å². The number of aromatic nitrogens is 7. The number of aromatic amines is 1. The predicted molar refractivity (Wildman–Crippen MR) is 162 cm³/mol. The van der Waals surface area contributed by atoms with E-state index < -0.39 is 0 Å². The maximum atomic E-state index is 13.6. The summed E-state index contributed by atoms with van der Waals surface area (Å²) in [7, 11) is 1.88. The van der Waals surface area contributed by atoms with Crippen LogP contribution in [0.5, 0.6) is 0 Å². The zero-order valence-corrected chi connectivity index (χ0v) is 23.7. The summed E-state index contributed by atoms with van der Waals surface area (Å²) in [6.07, 6.45) is 11.8. The molecule has 0 unspecified atom stereocenters. The molecular weight excluding hydrogens is 542 g/mol. The van der Waals surface area contributed by atoms with Gasteiger partial charge in [0.1, 0.15) is 17.6 Å². The third kappa shape index (κ3) is 6.36. The van der Waals surface area contributed by atoms with Gasteiger partial charge < -0.3 is 10.6 Å². The van der Waals surface area contributed by atoms with E-state index in [2.05, 4.69) is 42.0 Å². The van der Waals surface area contributed by atoms with Crippen LogP contribution in [0.15, 0.2) is 79.5 Å². The quantitative estimate of drug-likeness (QED) is 0.242. The van der Waals surface area contributed by atoms with Gasteiger partial charge in [0.2, 0.25) is 5.95 Å². The minimum atomic E-state index is -0.179. The van der Waals surface area contributed by atoms with Crippen molar-refractivity contribution < 1.29 is 4.79 Å². The van der Waals surface area contributed by atoms with Crippen molar-refractivity contribution in [2.45, 2.75) is 44.3 Å². The molecule has 4 aromatic heterocycles. The van der Waals surface area contributed by atoms with Crippen molar-refractivity contribution in [2.75, 3.05) is 10.2 Å². The highest BCUT2D eigenvalue weighted by atomic mass is 16.2. The maximum Gasteiger partial charge on any atom is 0.323 e. The van der Waals surface area contributed by atoms with Gasteiger partial charge in [-0.05, 0) is 49.4 Å². The number of hydrogen-bond donors (Lipinski definition) is 3. The van der Waals surface area contributed by atoms with Crippen molar-refractivity contribution in [1.29, 1.82) is 5.26 Å². The number of nitriles is 1. The molecule has 3 N–H and O–H groups in total. The Morgan fingerprint density at radius 1 is 1.05 bits per heavy atom. The highest BCUT2D eigenvalue weighted by molar-refractivity contribution is 5.91. The fourth-order valence-electron chi connectivity index (χ4n) is 5.37. The molecule has 2 amide bonds. The van der Waals surface area contributed by atoms with E-state index in [4.69, 9.17) is 4.98 Å². The monoisotopic (exact) mass is 573 g/mol. The maximum absolute atomic E-state index is 13.6. The molecule has 1 aromatic carbocycles. The lowest BCUT2D eigenvalue weighted by molar-refractivity contribution is 0.240. The van der Waals surface area contributed by atoms with Crippen LogP contribution in [-0.2, 0) is 13.6 Å². The zero-order chi connectivity index (χ0) is 29.6. The number of hydrogen-bond acceptors (Lipinski definition) is 8. The first-order valence-electron chi connectivity index (χ1n) is 14.2.